The number of aromatic nitrogens is 2. The summed E-state index contributed by atoms with van der Waals surface area (Å²) in [4.78, 5) is 34.7. The van der Waals surface area contributed by atoms with Crippen LogP contribution in [0, 0.1) is 5.92 Å². The van der Waals surface area contributed by atoms with Crippen molar-refractivity contribution in [3.8, 4) is 11.1 Å². The molecule has 0 bridgehead atoms. The third kappa shape index (κ3) is 5.21. The van der Waals surface area contributed by atoms with Gasteiger partial charge in [-0.3, -0.25) is 14.9 Å². The zero-order chi connectivity index (χ0) is 23.3. The van der Waals surface area contributed by atoms with Crippen molar-refractivity contribution in [2.45, 2.75) is 19.4 Å². The van der Waals surface area contributed by atoms with Crippen molar-refractivity contribution in [3.05, 3.63) is 71.3 Å². The molecule has 2 N–H and O–H groups in total. The molecule has 34 heavy (non-hydrogen) atoms. The molecule has 174 valence electrons. The molecule has 3 aromatic rings. The molecule has 0 spiro atoms. The average molecular weight is 476 g/mol. The maximum Gasteiger partial charge on any atom is 0.290 e. The highest BCUT2D eigenvalue weighted by Gasteiger charge is 2.25. The Balaban J connectivity index is 1.13. The van der Waals surface area contributed by atoms with Gasteiger partial charge in [0.2, 0.25) is 5.95 Å². The molecular formula is C25H25N5O3S. The van der Waals surface area contributed by atoms with Crippen molar-refractivity contribution in [1.82, 2.24) is 20.6 Å². The number of thioether (sulfide) groups is 1. The number of nitrogens with one attached hydrogen (secondary N) is 2. The van der Waals surface area contributed by atoms with Gasteiger partial charge in [-0.05, 0) is 66.4 Å². The lowest BCUT2D eigenvalue weighted by Gasteiger charge is -2.32. The minimum atomic E-state index is -0.379. The molecule has 2 aromatic heterocycles. The van der Waals surface area contributed by atoms with E-state index < -0.39 is 0 Å². The molecule has 9 heteroatoms. The van der Waals surface area contributed by atoms with Crippen LogP contribution in [-0.2, 0) is 11.3 Å². The zero-order valence-corrected chi connectivity index (χ0v) is 19.4. The smallest absolute Gasteiger partial charge is 0.290 e. The fourth-order valence-corrected chi connectivity index (χ4v) is 4.94. The largest absolute Gasteiger partial charge is 0.472 e. The highest BCUT2D eigenvalue weighted by Crippen LogP contribution is 2.27. The van der Waals surface area contributed by atoms with Crippen LogP contribution in [0.25, 0.3) is 17.2 Å². The fraction of sp³-hybridized carbons (Fsp3) is 0.280. The van der Waals surface area contributed by atoms with Crippen LogP contribution in [0.1, 0.15) is 24.1 Å². The predicted molar refractivity (Wildman–Crippen MR) is 132 cm³/mol. The van der Waals surface area contributed by atoms with Gasteiger partial charge in [-0.25, -0.2) is 9.97 Å². The number of nitrogens with zero attached hydrogens (tertiary/aromatic N) is 3. The second-order valence-electron chi connectivity index (χ2n) is 8.36. The van der Waals surface area contributed by atoms with Crippen molar-refractivity contribution < 1.29 is 14.0 Å². The number of rotatable bonds is 7. The van der Waals surface area contributed by atoms with Crippen molar-refractivity contribution in [1.29, 1.82) is 0 Å². The van der Waals surface area contributed by atoms with E-state index in [0.29, 0.717) is 22.5 Å². The lowest BCUT2D eigenvalue weighted by atomic mass is 9.96. The van der Waals surface area contributed by atoms with Crippen LogP contribution in [0.3, 0.4) is 0 Å². The Hall–Kier alpha value is -3.43. The van der Waals surface area contributed by atoms with E-state index in [0.717, 1.165) is 56.3 Å². The molecule has 2 amide bonds. The number of carbonyl (C=O) groups excluding carboxylic acids is 2. The molecule has 0 saturated carbocycles. The molecule has 1 aromatic carbocycles. The van der Waals surface area contributed by atoms with Gasteiger partial charge >= 0.3 is 0 Å². The van der Waals surface area contributed by atoms with E-state index in [4.69, 9.17) is 4.42 Å². The molecule has 0 atom stereocenters. The van der Waals surface area contributed by atoms with Crippen LogP contribution in [0.15, 0.2) is 64.4 Å². The lowest BCUT2D eigenvalue weighted by molar-refractivity contribution is -0.115. The number of imide groups is 1. The number of hydrogen-bond acceptors (Lipinski definition) is 8. The quantitative estimate of drug-likeness (QED) is 0.494. The Morgan fingerprint density at radius 2 is 2.03 bits per heavy atom. The summed E-state index contributed by atoms with van der Waals surface area (Å²) in [7, 11) is 0. The Morgan fingerprint density at radius 1 is 1.18 bits per heavy atom. The minimum absolute atomic E-state index is 0.355. The van der Waals surface area contributed by atoms with Gasteiger partial charge in [-0.15, -0.1) is 0 Å². The van der Waals surface area contributed by atoms with Gasteiger partial charge in [-0.2, -0.15) is 0 Å². The third-order valence-electron chi connectivity index (χ3n) is 6.08. The first-order chi connectivity index (χ1) is 16.7. The molecule has 0 radical (unpaired) electrons. The Labute approximate surface area is 201 Å². The standard InChI is InChI=1S/C25H25N5O3S/c31-23-22(34-25(32)29-23)13-20-5-9-27-24(28-20)30-10-6-17(7-11-30)14-26-15-18-3-1-2-4-21(18)19-8-12-33-16-19/h1-5,8-9,12-13,16-17,26H,6-7,10-11,14-15H2,(H,29,31,32). The van der Waals surface area contributed by atoms with Crippen LogP contribution < -0.4 is 15.5 Å². The van der Waals surface area contributed by atoms with Gasteiger partial charge in [0, 0.05) is 31.4 Å². The summed E-state index contributed by atoms with van der Waals surface area (Å²) in [5, 5.41) is 5.53. The average Bonchev–Trinajstić information content (AvgIpc) is 3.50. The van der Waals surface area contributed by atoms with Gasteiger partial charge in [-0.1, -0.05) is 24.3 Å². The summed E-state index contributed by atoms with van der Waals surface area (Å²) in [5.74, 6) is 0.868. The normalized spacial score (nSPS) is 18.0. The zero-order valence-electron chi connectivity index (χ0n) is 18.6. The highest BCUT2D eigenvalue weighted by molar-refractivity contribution is 8.18. The van der Waals surface area contributed by atoms with E-state index in [-0.39, 0.29) is 11.1 Å². The van der Waals surface area contributed by atoms with Gasteiger partial charge < -0.3 is 14.6 Å². The number of anilines is 1. The van der Waals surface area contributed by atoms with Crippen molar-refractivity contribution in [2.24, 2.45) is 5.92 Å². The summed E-state index contributed by atoms with van der Waals surface area (Å²) in [6.07, 6.45) is 8.92. The number of carbonyl (C=O) groups is 2. The molecule has 2 fully saturated rings. The monoisotopic (exact) mass is 475 g/mol. The minimum Gasteiger partial charge on any atom is -0.472 e. The van der Waals surface area contributed by atoms with Crippen LogP contribution in [0.2, 0.25) is 0 Å². The molecule has 4 heterocycles. The lowest BCUT2D eigenvalue weighted by Crippen LogP contribution is -2.38. The van der Waals surface area contributed by atoms with Gasteiger partial charge in [0.1, 0.15) is 0 Å². The molecule has 2 saturated heterocycles. The SMILES string of the molecule is O=C1NC(=O)C(=Cc2ccnc(N3CCC(CNCc4ccccc4-c4ccoc4)CC3)n2)S1. The van der Waals surface area contributed by atoms with Crippen LogP contribution in [-0.4, -0.2) is 40.7 Å². The fourth-order valence-electron chi connectivity index (χ4n) is 4.27. The highest BCUT2D eigenvalue weighted by atomic mass is 32.2. The van der Waals surface area contributed by atoms with Gasteiger partial charge in [0.05, 0.1) is 23.1 Å². The van der Waals surface area contributed by atoms with E-state index >= 15 is 0 Å². The second-order valence-corrected chi connectivity index (χ2v) is 9.38. The Bertz CT molecular complexity index is 1200. The summed E-state index contributed by atoms with van der Waals surface area (Å²) in [5.41, 5.74) is 4.18. The van der Waals surface area contributed by atoms with Crippen LogP contribution in [0.5, 0.6) is 0 Å². The van der Waals surface area contributed by atoms with E-state index in [1.54, 1.807) is 30.9 Å². The van der Waals surface area contributed by atoms with E-state index in [1.807, 2.05) is 6.07 Å². The van der Waals surface area contributed by atoms with Crippen LogP contribution in [0.4, 0.5) is 10.7 Å². The molecule has 2 aliphatic rings. The van der Waals surface area contributed by atoms with Crippen LogP contribution >= 0.6 is 11.8 Å². The first kappa shape index (κ1) is 22.4. The number of benzene rings is 1. The summed E-state index contributed by atoms with van der Waals surface area (Å²) >= 11 is 0.892. The van der Waals surface area contributed by atoms with Crippen molar-refractivity contribution >= 4 is 34.9 Å². The van der Waals surface area contributed by atoms with Crippen molar-refractivity contribution in [2.75, 3.05) is 24.5 Å². The topological polar surface area (TPSA) is 100 Å². The van der Waals surface area contributed by atoms with E-state index in [2.05, 4.69) is 49.8 Å². The van der Waals surface area contributed by atoms with Gasteiger partial charge in [0.15, 0.2) is 0 Å². The Morgan fingerprint density at radius 3 is 2.79 bits per heavy atom. The molecular weight excluding hydrogens is 450 g/mol. The number of hydrogen-bond donors (Lipinski definition) is 2. The second kappa shape index (κ2) is 10.2. The molecule has 0 aliphatic carbocycles. The molecule has 5 rings (SSSR count). The number of furan rings is 1. The summed E-state index contributed by atoms with van der Waals surface area (Å²) < 4.78 is 5.25. The van der Waals surface area contributed by atoms with Crippen molar-refractivity contribution in [3.63, 3.8) is 0 Å². The number of piperidine rings is 1. The summed E-state index contributed by atoms with van der Waals surface area (Å²) in [6, 6.07) is 12.1. The predicted octanol–water partition coefficient (Wildman–Crippen LogP) is 4.07. The molecule has 0 unspecified atom stereocenters. The maximum absolute atomic E-state index is 11.8. The summed E-state index contributed by atoms with van der Waals surface area (Å²) in [6.45, 7) is 3.54. The number of amides is 2. The van der Waals surface area contributed by atoms with E-state index in [9.17, 15) is 9.59 Å². The maximum atomic E-state index is 11.8. The third-order valence-corrected chi connectivity index (χ3v) is 6.89. The molecule has 2 aliphatic heterocycles. The molecule has 8 nitrogen and oxygen atoms in total. The first-order valence-electron chi connectivity index (χ1n) is 11.3. The first-order valence-corrected chi connectivity index (χ1v) is 12.1. The Kier molecular flexibility index (Phi) is 6.73. The van der Waals surface area contributed by atoms with E-state index in [1.165, 1.54) is 11.1 Å². The van der Waals surface area contributed by atoms with Gasteiger partial charge in [0.25, 0.3) is 11.1 Å².